The summed E-state index contributed by atoms with van der Waals surface area (Å²) in [6.07, 6.45) is 1.03. The molecule has 1 aliphatic rings. The zero-order valence-electron chi connectivity index (χ0n) is 8.33. The van der Waals surface area contributed by atoms with Gasteiger partial charge in [-0.2, -0.15) is 0 Å². The number of ether oxygens (including phenoxy) is 2. The molecule has 0 aromatic rings. The van der Waals surface area contributed by atoms with Gasteiger partial charge in [-0.05, 0) is 6.42 Å². The molecule has 0 saturated carbocycles. The Morgan fingerprint density at radius 2 is 2.50 bits per heavy atom. The Hall–Kier alpha value is -0.650. The van der Waals surface area contributed by atoms with Crippen LogP contribution in [0.25, 0.3) is 0 Å². The van der Waals surface area contributed by atoms with Crippen molar-refractivity contribution in [1.29, 1.82) is 0 Å². The molecule has 3 N–H and O–H groups in total. The smallest absolute Gasteiger partial charge is 0.246 e. The maximum absolute atomic E-state index is 11.2. The van der Waals surface area contributed by atoms with Crippen LogP contribution in [0.2, 0.25) is 0 Å². The maximum atomic E-state index is 11.2. The lowest BCUT2D eigenvalue weighted by Gasteiger charge is -2.09. The number of rotatable bonds is 6. The summed E-state index contributed by atoms with van der Waals surface area (Å²) in [7, 11) is 0. The van der Waals surface area contributed by atoms with E-state index in [1.165, 1.54) is 0 Å². The molecule has 1 fully saturated rings. The van der Waals surface area contributed by atoms with Crippen molar-refractivity contribution in [3.05, 3.63) is 0 Å². The van der Waals surface area contributed by atoms with Crippen molar-refractivity contribution in [3.8, 4) is 0 Å². The van der Waals surface area contributed by atoms with E-state index >= 15 is 0 Å². The molecular weight excluding hydrogens is 184 g/mol. The third-order valence-electron chi connectivity index (χ3n) is 2.11. The van der Waals surface area contributed by atoms with Gasteiger partial charge in [0, 0.05) is 25.6 Å². The van der Waals surface area contributed by atoms with Gasteiger partial charge in [-0.25, -0.2) is 0 Å². The van der Waals surface area contributed by atoms with Crippen molar-refractivity contribution in [2.75, 3.05) is 39.5 Å². The van der Waals surface area contributed by atoms with Crippen molar-refractivity contribution in [1.82, 2.24) is 5.32 Å². The monoisotopic (exact) mass is 202 g/mol. The second kappa shape index (κ2) is 6.75. The van der Waals surface area contributed by atoms with Crippen molar-refractivity contribution in [2.45, 2.75) is 6.42 Å². The van der Waals surface area contributed by atoms with E-state index < -0.39 is 0 Å². The molecule has 0 aliphatic carbocycles. The molecule has 1 aliphatic heterocycles. The number of hydrogen-bond acceptors (Lipinski definition) is 4. The molecule has 0 aromatic heterocycles. The van der Waals surface area contributed by atoms with E-state index in [4.69, 9.17) is 15.2 Å². The molecule has 1 heterocycles. The zero-order chi connectivity index (χ0) is 10.2. The molecule has 5 nitrogen and oxygen atoms in total. The molecule has 0 radical (unpaired) electrons. The van der Waals surface area contributed by atoms with Gasteiger partial charge in [0.25, 0.3) is 0 Å². The Balaban J connectivity index is 1.96. The van der Waals surface area contributed by atoms with Crippen LogP contribution < -0.4 is 11.1 Å². The first kappa shape index (κ1) is 11.4. The fraction of sp³-hybridized carbons (Fsp3) is 0.889. The third kappa shape index (κ3) is 4.55. The van der Waals surface area contributed by atoms with E-state index in [1.54, 1.807) is 0 Å². The summed E-state index contributed by atoms with van der Waals surface area (Å²) in [6, 6.07) is 0. The molecule has 0 bridgehead atoms. The molecule has 14 heavy (non-hydrogen) atoms. The van der Waals surface area contributed by atoms with Gasteiger partial charge in [0.1, 0.15) is 6.61 Å². The quantitative estimate of drug-likeness (QED) is 0.548. The molecule has 82 valence electrons. The van der Waals surface area contributed by atoms with Crippen LogP contribution in [0.1, 0.15) is 6.42 Å². The van der Waals surface area contributed by atoms with Crippen LogP contribution in [0.3, 0.4) is 0 Å². The normalized spacial score (nSPS) is 21.1. The predicted octanol–water partition coefficient (Wildman–Crippen LogP) is -0.886. The van der Waals surface area contributed by atoms with Crippen molar-refractivity contribution in [2.24, 2.45) is 11.7 Å². The summed E-state index contributed by atoms with van der Waals surface area (Å²) in [5.74, 6) is 0.388. The van der Waals surface area contributed by atoms with Gasteiger partial charge < -0.3 is 20.5 Å². The summed E-state index contributed by atoms with van der Waals surface area (Å²) in [6.45, 7) is 3.23. The molecule has 5 heteroatoms. The first-order valence-electron chi connectivity index (χ1n) is 4.95. The van der Waals surface area contributed by atoms with E-state index in [2.05, 4.69) is 5.32 Å². The molecule has 0 spiro atoms. The third-order valence-corrected chi connectivity index (χ3v) is 2.11. The van der Waals surface area contributed by atoms with Crippen molar-refractivity contribution in [3.63, 3.8) is 0 Å². The molecule has 1 amide bonds. The van der Waals surface area contributed by atoms with Crippen LogP contribution in [-0.4, -0.2) is 45.4 Å². The maximum Gasteiger partial charge on any atom is 0.246 e. The number of nitrogens with two attached hydrogens (primary N) is 1. The van der Waals surface area contributed by atoms with E-state index in [0.717, 1.165) is 19.6 Å². The second-order valence-corrected chi connectivity index (χ2v) is 3.37. The second-order valence-electron chi connectivity index (χ2n) is 3.37. The largest absolute Gasteiger partial charge is 0.381 e. The number of hydrogen-bond donors (Lipinski definition) is 2. The zero-order valence-corrected chi connectivity index (χ0v) is 8.33. The molecule has 1 atom stereocenters. The molecule has 1 rings (SSSR count). The number of carbonyl (C=O) groups is 1. The Kier molecular flexibility index (Phi) is 5.51. The lowest BCUT2D eigenvalue weighted by molar-refractivity contribution is -0.125. The predicted molar refractivity (Wildman–Crippen MR) is 51.8 cm³/mol. The van der Waals surface area contributed by atoms with Crippen LogP contribution >= 0.6 is 0 Å². The minimum absolute atomic E-state index is 0.0784. The Labute approximate surface area is 83.9 Å². The highest BCUT2D eigenvalue weighted by atomic mass is 16.5. The highest BCUT2D eigenvalue weighted by molar-refractivity contribution is 5.77. The van der Waals surface area contributed by atoms with Gasteiger partial charge in [-0.1, -0.05) is 0 Å². The standard InChI is InChI=1S/C9H18N2O3/c10-2-4-14-7-9(12)11-5-8-1-3-13-6-8/h8H,1-7,10H2,(H,11,12). The van der Waals surface area contributed by atoms with Gasteiger partial charge in [-0.15, -0.1) is 0 Å². The highest BCUT2D eigenvalue weighted by Crippen LogP contribution is 2.10. The molecule has 0 aromatic carbocycles. The first-order valence-corrected chi connectivity index (χ1v) is 4.95. The summed E-state index contributed by atoms with van der Waals surface area (Å²) >= 11 is 0. The Morgan fingerprint density at radius 3 is 3.14 bits per heavy atom. The summed E-state index contributed by atoms with van der Waals surface area (Å²) < 4.78 is 10.2. The topological polar surface area (TPSA) is 73.6 Å². The van der Waals surface area contributed by atoms with Gasteiger partial charge in [0.2, 0.25) is 5.91 Å². The minimum atomic E-state index is -0.0784. The number of amides is 1. The van der Waals surface area contributed by atoms with Gasteiger partial charge in [0.15, 0.2) is 0 Å². The summed E-state index contributed by atoms with van der Waals surface area (Å²) in [5.41, 5.74) is 5.22. The van der Waals surface area contributed by atoms with Crippen LogP contribution in [0.5, 0.6) is 0 Å². The fourth-order valence-corrected chi connectivity index (χ4v) is 1.30. The van der Waals surface area contributed by atoms with Gasteiger partial charge in [-0.3, -0.25) is 4.79 Å². The van der Waals surface area contributed by atoms with Crippen molar-refractivity contribution < 1.29 is 14.3 Å². The van der Waals surface area contributed by atoms with Gasteiger partial charge >= 0.3 is 0 Å². The lowest BCUT2D eigenvalue weighted by atomic mass is 10.1. The van der Waals surface area contributed by atoms with E-state index in [1.807, 2.05) is 0 Å². The SMILES string of the molecule is NCCOCC(=O)NCC1CCOC1. The van der Waals surface area contributed by atoms with Crippen LogP contribution in [0.15, 0.2) is 0 Å². The van der Waals surface area contributed by atoms with Crippen molar-refractivity contribution >= 4 is 5.91 Å². The van der Waals surface area contributed by atoms with E-state index in [-0.39, 0.29) is 12.5 Å². The fourth-order valence-electron chi connectivity index (χ4n) is 1.30. The summed E-state index contributed by atoms with van der Waals surface area (Å²) in [5, 5.41) is 2.80. The van der Waals surface area contributed by atoms with E-state index in [9.17, 15) is 4.79 Å². The Bertz CT molecular complexity index is 169. The average Bonchev–Trinajstić information content (AvgIpc) is 2.68. The minimum Gasteiger partial charge on any atom is -0.381 e. The highest BCUT2D eigenvalue weighted by Gasteiger charge is 2.15. The van der Waals surface area contributed by atoms with Crippen LogP contribution in [0.4, 0.5) is 0 Å². The van der Waals surface area contributed by atoms with Crippen LogP contribution in [-0.2, 0) is 14.3 Å². The van der Waals surface area contributed by atoms with Crippen LogP contribution in [0, 0.1) is 5.92 Å². The average molecular weight is 202 g/mol. The van der Waals surface area contributed by atoms with Gasteiger partial charge in [0.05, 0.1) is 13.2 Å². The van der Waals surface area contributed by atoms with E-state index in [0.29, 0.717) is 25.6 Å². The molecule has 1 saturated heterocycles. The number of nitrogens with one attached hydrogen (secondary N) is 1. The lowest BCUT2D eigenvalue weighted by Crippen LogP contribution is -2.32. The first-order chi connectivity index (χ1) is 6.83. The molecular formula is C9H18N2O3. The molecule has 1 unspecified atom stereocenters. The summed E-state index contributed by atoms with van der Waals surface area (Å²) in [4.78, 5) is 11.2. The number of carbonyl (C=O) groups excluding carboxylic acids is 1. The Morgan fingerprint density at radius 1 is 1.64 bits per heavy atom.